The summed E-state index contributed by atoms with van der Waals surface area (Å²) in [5.74, 6) is 2.68. The highest BCUT2D eigenvalue weighted by atomic mass is 16.5. The topological polar surface area (TPSA) is 58.9 Å². The smallest absolute Gasteiger partial charge is 0.335 e. The maximum Gasteiger partial charge on any atom is 0.335 e. The van der Waals surface area contributed by atoms with Gasteiger partial charge in [-0.3, -0.25) is 4.99 Å². The van der Waals surface area contributed by atoms with Gasteiger partial charge in [-0.2, -0.15) is 0 Å². The largest absolute Gasteiger partial charge is 0.488 e. The van der Waals surface area contributed by atoms with Crippen LogP contribution in [-0.2, 0) is 12.0 Å². The quantitative estimate of drug-likeness (QED) is 0.376. The molecule has 0 aliphatic heterocycles. The first-order chi connectivity index (χ1) is 17.1. The van der Waals surface area contributed by atoms with E-state index in [9.17, 15) is 4.79 Å². The van der Waals surface area contributed by atoms with E-state index in [0.29, 0.717) is 12.0 Å². The second kappa shape index (κ2) is 8.99. The van der Waals surface area contributed by atoms with Crippen molar-refractivity contribution >= 4 is 17.9 Å². The summed E-state index contributed by atoms with van der Waals surface area (Å²) in [5.41, 5.74) is 5.00. The molecule has 7 rings (SSSR count). The number of rotatable bonds is 7. The highest BCUT2D eigenvalue weighted by Gasteiger charge is 2.51. The van der Waals surface area contributed by atoms with Gasteiger partial charge in [-0.05, 0) is 109 Å². The molecule has 3 aromatic rings. The fourth-order valence-electron chi connectivity index (χ4n) is 7.13. The Bertz CT molecular complexity index is 1210. The highest BCUT2D eigenvalue weighted by molar-refractivity contribution is 5.87. The second-order valence-corrected chi connectivity index (χ2v) is 10.8. The minimum absolute atomic E-state index is 0.274. The zero-order valence-electron chi connectivity index (χ0n) is 19.9. The summed E-state index contributed by atoms with van der Waals surface area (Å²) in [6.45, 7) is 0.366. The molecule has 4 aliphatic carbocycles. The Labute approximate surface area is 206 Å². The Kier molecular flexibility index (Phi) is 5.68. The first-order valence-corrected chi connectivity index (χ1v) is 12.7. The molecule has 0 aromatic heterocycles. The normalized spacial score (nSPS) is 26.8. The van der Waals surface area contributed by atoms with Crippen LogP contribution in [0.1, 0.15) is 65.6 Å². The van der Waals surface area contributed by atoms with Crippen LogP contribution in [0.15, 0.2) is 77.8 Å². The number of hydrogen-bond donors (Lipinski definition) is 1. The predicted molar refractivity (Wildman–Crippen MR) is 138 cm³/mol. The van der Waals surface area contributed by atoms with Crippen molar-refractivity contribution in [3.8, 4) is 5.75 Å². The molecule has 3 aromatic carbocycles. The van der Waals surface area contributed by atoms with E-state index in [4.69, 9.17) is 14.8 Å². The van der Waals surface area contributed by atoms with Crippen molar-refractivity contribution in [1.82, 2.24) is 0 Å². The van der Waals surface area contributed by atoms with Crippen LogP contribution < -0.4 is 4.74 Å². The van der Waals surface area contributed by atoms with E-state index in [1.807, 2.05) is 30.5 Å². The second-order valence-electron chi connectivity index (χ2n) is 10.8. The molecule has 0 heterocycles. The number of carboxylic acid groups (broad SMARTS) is 1. The van der Waals surface area contributed by atoms with E-state index < -0.39 is 5.97 Å². The van der Waals surface area contributed by atoms with E-state index in [1.165, 1.54) is 44.1 Å². The monoisotopic (exact) mass is 465 g/mol. The Hall–Kier alpha value is -3.40. The minimum atomic E-state index is -0.926. The third-order valence-electron chi connectivity index (χ3n) is 8.38. The molecule has 0 saturated heterocycles. The van der Waals surface area contributed by atoms with Crippen molar-refractivity contribution in [2.75, 3.05) is 0 Å². The summed E-state index contributed by atoms with van der Waals surface area (Å²) in [7, 11) is 0. The van der Waals surface area contributed by atoms with Crippen LogP contribution >= 0.6 is 0 Å². The molecule has 4 aliphatic rings. The van der Waals surface area contributed by atoms with Gasteiger partial charge in [0.2, 0.25) is 0 Å². The average molecular weight is 466 g/mol. The molecular formula is C31H31NO3. The summed E-state index contributed by atoms with van der Waals surface area (Å²) in [6, 6.07) is 23.6. The van der Waals surface area contributed by atoms with Crippen LogP contribution in [0.4, 0.5) is 5.69 Å². The van der Waals surface area contributed by atoms with Gasteiger partial charge in [0.15, 0.2) is 0 Å². The zero-order valence-corrected chi connectivity index (χ0v) is 19.9. The van der Waals surface area contributed by atoms with Gasteiger partial charge in [0.05, 0.1) is 11.3 Å². The molecule has 4 heteroatoms. The Morgan fingerprint density at radius 2 is 1.51 bits per heavy atom. The van der Waals surface area contributed by atoms with Crippen LogP contribution in [-0.4, -0.2) is 17.3 Å². The minimum Gasteiger partial charge on any atom is -0.488 e. The summed E-state index contributed by atoms with van der Waals surface area (Å²) in [5, 5.41) is 9.06. The Morgan fingerprint density at radius 1 is 0.886 bits per heavy atom. The molecule has 4 bridgehead atoms. The molecule has 1 N–H and O–H groups in total. The van der Waals surface area contributed by atoms with Crippen molar-refractivity contribution in [1.29, 1.82) is 0 Å². The first kappa shape index (κ1) is 22.1. The molecule has 0 atom stereocenters. The zero-order chi connectivity index (χ0) is 23.8. The SMILES string of the molecule is O=C(O)c1ccc(COc2ccccc2C=Nc2ccc(C34CC5CC(CC(C5)C3)C4)cc2)cc1. The summed E-state index contributed by atoms with van der Waals surface area (Å²) < 4.78 is 6.03. The lowest BCUT2D eigenvalue weighted by Crippen LogP contribution is -2.48. The van der Waals surface area contributed by atoms with Crippen LogP contribution in [0.5, 0.6) is 5.75 Å². The number of carboxylic acids is 1. The fourth-order valence-corrected chi connectivity index (χ4v) is 7.13. The standard InChI is InChI=1S/C31H31NO3/c33-30(34)25-7-5-21(6-8-25)20-35-29-4-2-1-3-26(29)19-32-28-11-9-27(10-12-28)31-16-22-13-23(17-31)15-24(14-22)18-31/h1-12,19,22-24H,13-18,20H2,(H,33,34). The number of aliphatic imine (C=N–C) groups is 1. The first-order valence-electron chi connectivity index (χ1n) is 12.7. The van der Waals surface area contributed by atoms with E-state index >= 15 is 0 Å². The van der Waals surface area contributed by atoms with Gasteiger partial charge in [0.1, 0.15) is 12.4 Å². The van der Waals surface area contributed by atoms with Crippen molar-refractivity contribution in [2.45, 2.75) is 50.5 Å². The molecule has 4 nitrogen and oxygen atoms in total. The summed E-state index contributed by atoms with van der Waals surface area (Å²) in [6.07, 6.45) is 10.4. The van der Waals surface area contributed by atoms with Crippen LogP contribution in [0.3, 0.4) is 0 Å². The molecule has 4 fully saturated rings. The van der Waals surface area contributed by atoms with Gasteiger partial charge in [-0.25, -0.2) is 4.79 Å². The molecule has 0 amide bonds. The lowest BCUT2D eigenvalue weighted by molar-refractivity contribution is -0.00518. The molecule has 35 heavy (non-hydrogen) atoms. The number of hydrogen-bond acceptors (Lipinski definition) is 3. The Morgan fingerprint density at radius 3 is 2.14 bits per heavy atom. The number of carbonyl (C=O) groups is 1. The number of nitrogens with zero attached hydrogens (tertiary/aromatic N) is 1. The van der Waals surface area contributed by atoms with Gasteiger partial charge >= 0.3 is 5.97 Å². The van der Waals surface area contributed by atoms with Gasteiger partial charge in [-0.1, -0.05) is 36.4 Å². The fraction of sp³-hybridized carbons (Fsp3) is 0.355. The van der Waals surface area contributed by atoms with E-state index in [0.717, 1.165) is 40.3 Å². The number of aromatic carboxylic acids is 1. The van der Waals surface area contributed by atoms with Crippen LogP contribution in [0.25, 0.3) is 0 Å². The number of para-hydroxylation sites is 1. The van der Waals surface area contributed by atoms with Crippen LogP contribution in [0.2, 0.25) is 0 Å². The highest BCUT2D eigenvalue weighted by Crippen LogP contribution is 2.60. The molecule has 0 spiro atoms. The maximum atomic E-state index is 11.0. The van der Waals surface area contributed by atoms with E-state index in [2.05, 4.69) is 24.3 Å². The molecule has 0 unspecified atom stereocenters. The number of ether oxygens (including phenoxy) is 1. The predicted octanol–water partition coefficient (Wildman–Crippen LogP) is 7.18. The van der Waals surface area contributed by atoms with E-state index in [1.54, 1.807) is 24.3 Å². The average Bonchev–Trinajstić information content (AvgIpc) is 2.86. The molecular weight excluding hydrogens is 434 g/mol. The molecule has 178 valence electrons. The third-order valence-corrected chi connectivity index (χ3v) is 8.38. The Balaban J connectivity index is 1.14. The van der Waals surface area contributed by atoms with Crippen LogP contribution in [0, 0.1) is 17.8 Å². The van der Waals surface area contributed by atoms with Crippen molar-refractivity contribution in [3.05, 3.63) is 95.1 Å². The van der Waals surface area contributed by atoms with Gasteiger partial charge in [0.25, 0.3) is 0 Å². The molecule has 0 radical (unpaired) electrons. The summed E-state index contributed by atoms with van der Waals surface area (Å²) >= 11 is 0. The van der Waals surface area contributed by atoms with Gasteiger partial charge in [0, 0.05) is 11.8 Å². The van der Waals surface area contributed by atoms with Crippen molar-refractivity contribution < 1.29 is 14.6 Å². The van der Waals surface area contributed by atoms with Gasteiger partial charge < -0.3 is 9.84 Å². The third kappa shape index (κ3) is 4.50. The lowest BCUT2D eigenvalue weighted by atomic mass is 9.48. The van der Waals surface area contributed by atoms with Crippen molar-refractivity contribution in [3.63, 3.8) is 0 Å². The molecule has 4 saturated carbocycles. The maximum absolute atomic E-state index is 11.0. The van der Waals surface area contributed by atoms with E-state index in [-0.39, 0.29) is 5.56 Å². The van der Waals surface area contributed by atoms with Crippen molar-refractivity contribution in [2.24, 2.45) is 22.7 Å². The van der Waals surface area contributed by atoms with Gasteiger partial charge in [-0.15, -0.1) is 0 Å². The summed E-state index contributed by atoms with van der Waals surface area (Å²) in [4.78, 5) is 15.8. The number of benzene rings is 3. The lowest BCUT2D eigenvalue weighted by Gasteiger charge is -2.57.